The molecule has 2 amide bonds. The zero-order valence-electron chi connectivity index (χ0n) is 19.3. The fraction of sp³-hybridized carbons (Fsp3) is 0.333. The van der Waals surface area contributed by atoms with Gasteiger partial charge in [-0.05, 0) is 17.7 Å². The molecule has 0 spiro atoms. The number of rotatable bonds is 10. The minimum absolute atomic E-state index is 0.0187. The van der Waals surface area contributed by atoms with Crippen LogP contribution in [0.4, 0.5) is 11.5 Å². The Hall–Kier alpha value is -4.12. The van der Waals surface area contributed by atoms with Crippen molar-refractivity contribution in [3.8, 4) is 0 Å². The third-order valence-corrected chi connectivity index (χ3v) is 5.78. The van der Waals surface area contributed by atoms with E-state index in [-0.39, 0.29) is 50.1 Å². The van der Waals surface area contributed by atoms with Crippen LogP contribution in [-0.2, 0) is 34.0 Å². The van der Waals surface area contributed by atoms with Gasteiger partial charge in [-0.3, -0.25) is 23.9 Å². The van der Waals surface area contributed by atoms with E-state index >= 15 is 0 Å². The highest BCUT2D eigenvalue weighted by Crippen LogP contribution is 2.24. The average molecular weight is 482 g/mol. The van der Waals surface area contributed by atoms with Gasteiger partial charge in [-0.25, -0.2) is 4.79 Å². The van der Waals surface area contributed by atoms with Gasteiger partial charge in [0.2, 0.25) is 11.8 Å². The highest BCUT2D eigenvalue weighted by atomic mass is 16.5. The van der Waals surface area contributed by atoms with E-state index < -0.39 is 23.1 Å². The van der Waals surface area contributed by atoms with Crippen molar-refractivity contribution in [1.82, 2.24) is 14.5 Å². The van der Waals surface area contributed by atoms with Crippen molar-refractivity contribution in [3.05, 3.63) is 80.9 Å². The molecule has 0 saturated carbocycles. The summed E-state index contributed by atoms with van der Waals surface area (Å²) >= 11 is 0. The standard InChI is InChI=1S/C24H27N5O6/c1-34-11-9-29-21(20(23(32)27-24(29)33)25-13-16-6-3-2-4-7-16)26-22(31)17-12-19(30)28(14-17)15-18-8-5-10-35-18/h2-8,10,17,25H,9,11-15H2,1H3,(H,26,31)(H,27,32,33). The Labute approximate surface area is 200 Å². The molecule has 1 unspecified atom stereocenters. The van der Waals surface area contributed by atoms with Crippen molar-refractivity contribution in [2.45, 2.75) is 26.1 Å². The summed E-state index contributed by atoms with van der Waals surface area (Å²) in [6, 6.07) is 12.9. The van der Waals surface area contributed by atoms with Crippen molar-refractivity contribution in [3.63, 3.8) is 0 Å². The summed E-state index contributed by atoms with van der Waals surface area (Å²) in [5.41, 5.74) is -0.366. The lowest BCUT2D eigenvalue weighted by Crippen LogP contribution is -2.37. The number of benzene rings is 1. The van der Waals surface area contributed by atoms with Crippen LogP contribution in [0.1, 0.15) is 17.7 Å². The first-order valence-electron chi connectivity index (χ1n) is 11.2. The van der Waals surface area contributed by atoms with Crippen LogP contribution in [0.5, 0.6) is 0 Å². The van der Waals surface area contributed by atoms with E-state index in [0.717, 1.165) is 5.56 Å². The number of H-pyrrole nitrogens is 1. The summed E-state index contributed by atoms with van der Waals surface area (Å²) in [6.07, 6.45) is 1.54. The van der Waals surface area contributed by atoms with Gasteiger partial charge >= 0.3 is 5.69 Å². The summed E-state index contributed by atoms with van der Waals surface area (Å²) in [4.78, 5) is 54.8. The first-order chi connectivity index (χ1) is 17.0. The average Bonchev–Trinajstić information content (AvgIpc) is 3.49. The molecule has 1 fully saturated rings. The predicted octanol–water partition coefficient (Wildman–Crippen LogP) is 1.38. The number of amides is 2. The van der Waals surface area contributed by atoms with Crippen LogP contribution in [-0.4, -0.2) is 46.5 Å². The van der Waals surface area contributed by atoms with Gasteiger partial charge in [0, 0.05) is 26.6 Å². The molecule has 1 aliphatic heterocycles. The van der Waals surface area contributed by atoms with Gasteiger partial charge in [-0.1, -0.05) is 30.3 Å². The third kappa shape index (κ3) is 5.69. The zero-order valence-corrected chi connectivity index (χ0v) is 19.3. The smallest absolute Gasteiger partial charge is 0.330 e. The molecule has 2 aromatic heterocycles. The van der Waals surface area contributed by atoms with Gasteiger partial charge in [0.25, 0.3) is 5.56 Å². The Morgan fingerprint density at radius 3 is 2.69 bits per heavy atom. The number of nitrogens with one attached hydrogen (secondary N) is 3. The molecule has 1 aromatic carbocycles. The number of nitrogens with zero attached hydrogens (tertiary/aromatic N) is 2. The number of furan rings is 1. The van der Waals surface area contributed by atoms with E-state index in [0.29, 0.717) is 12.3 Å². The Balaban J connectivity index is 1.57. The molecule has 3 heterocycles. The van der Waals surface area contributed by atoms with Gasteiger partial charge in [0.1, 0.15) is 17.3 Å². The molecule has 0 bridgehead atoms. The van der Waals surface area contributed by atoms with Crippen molar-refractivity contribution in [2.24, 2.45) is 5.92 Å². The van der Waals surface area contributed by atoms with Crippen LogP contribution in [0.3, 0.4) is 0 Å². The number of carbonyl (C=O) groups excluding carboxylic acids is 2. The molecular formula is C24H27N5O6. The summed E-state index contributed by atoms with van der Waals surface area (Å²) < 4.78 is 11.6. The van der Waals surface area contributed by atoms with E-state index in [9.17, 15) is 19.2 Å². The Morgan fingerprint density at radius 2 is 1.97 bits per heavy atom. The van der Waals surface area contributed by atoms with Crippen LogP contribution in [0.15, 0.2) is 62.7 Å². The minimum atomic E-state index is -0.672. The van der Waals surface area contributed by atoms with Gasteiger partial charge in [0.05, 0.1) is 31.9 Å². The molecule has 1 atom stereocenters. The van der Waals surface area contributed by atoms with Gasteiger partial charge in [0.15, 0.2) is 0 Å². The summed E-state index contributed by atoms with van der Waals surface area (Å²) in [5, 5.41) is 5.77. The largest absolute Gasteiger partial charge is 0.467 e. The molecule has 35 heavy (non-hydrogen) atoms. The lowest BCUT2D eigenvalue weighted by molar-refractivity contribution is -0.128. The van der Waals surface area contributed by atoms with Crippen LogP contribution in [0.25, 0.3) is 0 Å². The fourth-order valence-corrected chi connectivity index (χ4v) is 3.96. The summed E-state index contributed by atoms with van der Waals surface area (Å²) in [6.45, 7) is 1.06. The number of hydrogen-bond donors (Lipinski definition) is 3. The molecule has 11 heteroatoms. The normalized spacial score (nSPS) is 15.4. The minimum Gasteiger partial charge on any atom is -0.467 e. The van der Waals surface area contributed by atoms with Crippen LogP contribution >= 0.6 is 0 Å². The van der Waals surface area contributed by atoms with Gasteiger partial charge < -0.3 is 24.7 Å². The van der Waals surface area contributed by atoms with E-state index in [1.54, 1.807) is 17.0 Å². The third-order valence-electron chi connectivity index (χ3n) is 5.78. The number of carbonyl (C=O) groups is 2. The lowest BCUT2D eigenvalue weighted by atomic mass is 10.1. The maximum atomic E-state index is 13.2. The van der Waals surface area contributed by atoms with Crippen LogP contribution in [0, 0.1) is 5.92 Å². The molecule has 1 aliphatic rings. The van der Waals surface area contributed by atoms with Crippen molar-refractivity contribution in [1.29, 1.82) is 0 Å². The molecule has 3 aromatic rings. The second kappa shape index (κ2) is 10.9. The number of anilines is 2. The maximum Gasteiger partial charge on any atom is 0.330 e. The topological polar surface area (TPSA) is 139 Å². The molecule has 0 radical (unpaired) electrons. The van der Waals surface area contributed by atoms with E-state index in [1.165, 1.54) is 17.9 Å². The highest BCUT2D eigenvalue weighted by molar-refractivity contribution is 5.98. The first-order valence-corrected chi connectivity index (χ1v) is 11.2. The van der Waals surface area contributed by atoms with Crippen LogP contribution in [0.2, 0.25) is 0 Å². The number of methoxy groups -OCH3 is 1. The lowest BCUT2D eigenvalue weighted by Gasteiger charge is -2.19. The highest BCUT2D eigenvalue weighted by Gasteiger charge is 2.35. The zero-order chi connectivity index (χ0) is 24.8. The summed E-state index contributed by atoms with van der Waals surface area (Å²) in [7, 11) is 1.49. The first kappa shape index (κ1) is 24.0. The van der Waals surface area contributed by atoms with Crippen molar-refractivity contribution >= 4 is 23.3 Å². The molecule has 184 valence electrons. The monoisotopic (exact) mass is 481 g/mol. The molecule has 0 aliphatic carbocycles. The second-order valence-corrected chi connectivity index (χ2v) is 8.21. The van der Waals surface area contributed by atoms with Crippen molar-refractivity contribution < 1.29 is 18.7 Å². The summed E-state index contributed by atoms with van der Waals surface area (Å²) in [5.74, 6) is -0.626. The number of likely N-dealkylation sites (tertiary alicyclic amines) is 1. The van der Waals surface area contributed by atoms with Gasteiger partial charge in [-0.15, -0.1) is 0 Å². The maximum absolute atomic E-state index is 13.2. The molecule has 11 nitrogen and oxygen atoms in total. The Kier molecular flexibility index (Phi) is 7.46. The fourth-order valence-electron chi connectivity index (χ4n) is 3.96. The Morgan fingerprint density at radius 1 is 1.17 bits per heavy atom. The van der Waals surface area contributed by atoms with E-state index in [1.807, 2.05) is 30.3 Å². The molecule has 3 N–H and O–H groups in total. The number of ether oxygens (including phenoxy) is 1. The quantitative estimate of drug-likeness (QED) is 0.398. The Bertz CT molecular complexity index is 1280. The van der Waals surface area contributed by atoms with Crippen molar-refractivity contribution in [2.75, 3.05) is 30.9 Å². The molecule has 4 rings (SSSR count). The predicted molar refractivity (Wildman–Crippen MR) is 128 cm³/mol. The van der Waals surface area contributed by atoms with E-state index in [2.05, 4.69) is 15.6 Å². The second-order valence-electron chi connectivity index (χ2n) is 8.21. The number of aromatic nitrogens is 2. The number of hydrogen-bond acceptors (Lipinski definition) is 7. The van der Waals surface area contributed by atoms with Gasteiger partial charge in [-0.2, -0.15) is 0 Å². The molecular weight excluding hydrogens is 454 g/mol. The van der Waals surface area contributed by atoms with E-state index in [4.69, 9.17) is 9.15 Å². The number of aromatic amines is 1. The SMILES string of the molecule is COCCn1c(NC(=O)C2CC(=O)N(Cc3ccco3)C2)c(NCc2ccccc2)c(=O)[nH]c1=O. The molecule has 1 saturated heterocycles. The van der Waals surface area contributed by atoms with Crippen LogP contribution < -0.4 is 21.9 Å².